The Balaban J connectivity index is 1.35. The molecule has 0 N–H and O–H groups in total. The standard InChI is InChI=1S/C22H28N4O2/c1-25-11-10-19-18(14-25)13-23-22(24-19)17-9-12-26(15-17)21(27)8-7-16-5-3-4-6-20(16)28-2/h3-6,13,17H,7-12,14-15H2,1-2H3. The first-order chi connectivity index (χ1) is 13.6. The minimum atomic E-state index is 0.202. The van der Waals surface area contributed by atoms with Crippen LogP contribution in [0.3, 0.4) is 0 Å². The van der Waals surface area contributed by atoms with Crippen LogP contribution in [0.15, 0.2) is 30.5 Å². The number of carbonyl (C=O) groups excluding carboxylic acids is 1. The molecule has 4 rings (SSSR count). The molecule has 1 fully saturated rings. The van der Waals surface area contributed by atoms with Crippen LogP contribution in [0, 0.1) is 0 Å². The van der Waals surface area contributed by atoms with Crippen LogP contribution in [-0.4, -0.2) is 59.5 Å². The summed E-state index contributed by atoms with van der Waals surface area (Å²) in [5.74, 6) is 2.21. The number of hydrogen-bond acceptors (Lipinski definition) is 5. The summed E-state index contributed by atoms with van der Waals surface area (Å²) in [6.07, 6.45) is 5.12. The van der Waals surface area contributed by atoms with Crippen LogP contribution in [-0.2, 0) is 24.2 Å². The number of para-hydroxylation sites is 1. The summed E-state index contributed by atoms with van der Waals surface area (Å²) < 4.78 is 5.39. The number of rotatable bonds is 5. The molecule has 0 spiro atoms. The number of ether oxygens (including phenoxy) is 1. The number of likely N-dealkylation sites (tertiary alicyclic amines) is 1. The van der Waals surface area contributed by atoms with E-state index >= 15 is 0 Å². The first-order valence-corrected chi connectivity index (χ1v) is 10.1. The third-order valence-electron chi connectivity index (χ3n) is 5.85. The van der Waals surface area contributed by atoms with Gasteiger partial charge in [0.1, 0.15) is 11.6 Å². The molecule has 3 heterocycles. The molecule has 1 aromatic heterocycles. The number of aromatic nitrogens is 2. The van der Waals surface area contributed by atoms with E-state index in [-0.39, 0.29) is 11.8 Å². The minimum absolute atomic E-state index is 0.202. The second kappa shape index (κ2) is 8.27. The highest BCUT2D eigenvalue weighted by atomic mass is 16.5. The molecule has 1 amide bonds. The molecule has 1 saturated heterocycles. The normalized spacial score (nSPS) is 19.5. The van der Waals surface area contributed by atoms with Crippen molar-refractivity contribution in [2.24, 2.45) is 0 Å². The predicted octanol–water partition coefficient (Wildman–Crippen LogP) is 2.42. The highest BCUT2D eigenvalue weighted by molar-refractivity contribution is 5.77. The van der Waals surface area contributed by atoms with Crippen molar-refractivity contribution < 1.29 is 9.53 Å². The molecule has 28 heavy (non-hydrogen) atoms. The van der Waals surface area contributed by atoms with Crippen molar-refractivity contribution in [3.8, 4) is 5.75 Å². The summed E-state index contributed by atoms with van der Waals surface area (Å²) in [4.78, 5) is 26.4. The summed E-state index contributed by atoms with van der Waals surface area (Å²) in [5, 5.41) is 0. The largest absolute Gasteiger partial charge is 0.496 e. The maximum Gasteiger partial charge on any atom is 0.222 e. The lowest BCUT2D eigenvalue weighted by molar-refractivity contribution is -0.130. The summed E-state index contributed by atoms with van der Waals surface area (Å²) in [6.45, 7) is 3.48. The average Bonchev–Trinajstić information content (AvgIpc) is 3.22. The summed E-state index contributed by atoms with van der Waals surface area (Å²) >= 11 is 0. The topological polar surface area (TPSA) is 58.6 Å². The number of likely N-dealkylation sites (N-methyl/N-ethyl adjacent to an activating group) is 1. The van der Waals surface area contributed by atoms with Crippen molar-refractivity contribution in [2.75, 3.05) is 33.8 Å². The Morgan fingerprint density at radius 2 is 2.14 bits per heavy atom. The van der Waals surface area contributed by atoms with E-state index in [4.69, 9.17) is 9.72 Å². The molecular formula is C22H28N4O2. The number of amides is 1. The molecule has 0 radical (unpaired) electrons. The maximum atomic E-state index is 12.7. The molecule has 6 heteroatoms. The smallest absolute Gasteiger partial charge is 0.222 e. The Bertz CT molecular complexity index is 854. The van der Waals surface area contributed by atoms with Gasteiger partial charge in [0.2, 0.25) is 5.91 Å². The highest BCUT2D eigenvalue weighted by Gasteiger charge is 2.29. The molecule has 0 bridgehead atoms. The van der Waals surface area contributed by atoms with Crippen molar-refractivity contribution in [1.29, 1.82) is 0 Å². The van der Waals surface area contributed by atoms with Gasteiger partial charge in [-0.05, 0) is 31.5 Å². The van der Waals surface area contributed by atoms with Crippen LogP contribution in [0.1, 0.15) is 41.4 Å². The lowest BCUT2D eigenvalue weighted by Crippen LogP contribution is -2.29. The molecule has 6 nitrogen and oxygen atoms in total. The lowest BCUT2D eigenvalue weighted by atomic mass is 10.1. The molecule has 1 aromatic carbocycles. The van der Waals surface area contributed by atoms with E-state index in [1.54, 1.807) is 7.11 Å². The van der Waals surface area contributed by atoms with Crippen molar-refractivity contribution in [3.63, 3.8) is 0 Å². The molecule has 0 aliphatic carbocycles. The van der Waals surface area contributed by atoms with E-state index in [9.17, 15) is 4.79 Å². The van der Waals surface area contributed by atoms with Gasteiger partial charge < -0.3 is 14.5 Å². The highest BCUT2D eigenvalue weighted by Crippen LogP contribution is 2.27. The second-order valence-corrected chi connectivity index (χ2v) is 7.83. The van der Waals surface area contributed by atoms with Gasteiger partial charge in [0.25, 0.3) is 0 Å². The zero-order valence-corrected chi connectivity index (χ0v) is 16.7. The number of nitrogens with zero attached hydrogens (tertiary/aromatic N) is 4. The van der Waals surface area contributed by atoms with Crippen molar-refractivity contribution in [3.05, 3.63) is 53.1 Å². The minimum Gasteiger partial charge on any atom is -0.496 e. The van der Waals surface area contributed by atoms with E-state index in [0.717, 1.165) is 56.2 Å². The van der Waals surface area contributed by atoms with Crippen LogP contribution in [0.5, 0.6) is 5.75 Å². The fourth-order valence-electron chi connectivity index (χ4n) is 4.18. The number of fused-ring (bicyclic) bond motifs is 1. The Kier molecular flexibility index (Phi) is 5.57. The monoisotopic (exact) mass is 380 g/mol. The van der Waals surface area contributed by atoms with Gasteiger partial charge in [0.15, 0.2) is 0 Å². The Labute approximate surface area is 166 Å². The first kappa shape index (κ1) is 18.9. The zero-order chi connectivity index (χ0) is 19.5. The Morgan fingerprint density at radius 3 is 3.00 bits per heavy atom. The Hall–Kier alpha value is -2.47. The van der Waals surface area contributed by atoms with Crippen molar-refractivity contribution in [2.45, 2.75) is 38.1 Å². The van der Waals surface area contributed by atoms with Crippen LogP contribution >= 0.6 is 0 Å². The number of hydrogen-bond donors (Lipinski definition) is 0. The summed E-state index contributed by atoms with van der Waals surface area (Å²) in [7, 11) is 3.80. The molecular weight excluding hydrogens is 352 g/mol. The van der Waals surface area contributed by atoms with Gasteiger partial charge in [-0.1, -0.05) is 18.2 Å². The SMILES string of the molecule is COc1ccccc1CCC(=O)N1CCC(c2ncc3c(n2)CCN(C)C3)C1. The fourth-order valence-corrected chi connectivity index (χ4v) is 4.18. The van der Waals surface area contributed by atoms with Gasteiger partial charge >= 0.3 is 0 Å². The molecule has 1 atom stereocenters. The quantitative estimate of drug-likeness (QED) is 0.797. The molecule has 0 saturated carbocycles. The number of benzene rings is 1. The number of methoxy groups -OCH3 is 1. The van der Waals surface area contributed by atoms with Crippen LogP contribution in [0.4, 0.5) is 0 Å². The molecule has 2 aliphatic heterocycles. The van der Waals surface area contributed by atoms with E-state index in [1.165, 1.54) is 11.3 Å². The maximum absolute atomic E-state index is 12.7. The molecule has 2 aromatic rings. The molecule has 1 unspecified atom stereocenters. The average molecular weight is 380 g/mol. The van der Waals surface area contributed by atoms with Gasteiger partial charge in [-0.3, -0.25) is 4.79 Å². The second-order valence-electron chi connectivity index (χ2n) is 7.83. The van der Waals surface area contributed by atoms with Gasteiger partial charge in [-0.25, -0.2) is 9.97 Å². The van der Waals surface area contributed by atoms with Crippen molar-refractivity contribution >= 4 is 5.91 Å². The number of aryl methyl sites for hydroxylation is 1. The van der Waals surface area contributed by atoms with Crippen LogP contribution in [0.25, 0.3) is 0 Å². The number of carbonyl (C=O) groups is 1. The summed E-state index contributed by atoms with van der Waals surface area (Å²) in [6, 6.07) is 7.90. The summed E-state index contributed by atoms with van der Waals surface area (Å²) in [5.41, 5.74) is 3.50. The van der Waals surface area contributed by atoms with E-state index < -0.39 is 0 Å². The third kappa shape index (κ3) is 4.02. The third-order valence-corrected chi connectivity index (χ3v) is 5.85. The first-order valence-electron chi connectivity index (χ1n) is 10.1. The molecule has 2 aliphatic rings. The lowest BCUT2D eigenvalue weighted by Gasteiger charge is -2.24. The van der Waals surface area contributed by atoms with E-state index in [2.05, 4.69) is 16.9 Å². The fraction of sp³-hybridized carbons (Fsp3) is 0.500. The van der Waals surface area contributed by atoms with Crippen molar-refractivity contribution in [1.82, 2.24) is 19.8 Å². The van der Waals surface area contributed by atoms with Gasteiger partial charge in [-0.2, -0.15) is 0 Å². The van der Waals surface area contributed by atoms with Crippen LogP contribution < -0.4 is 4.74 Å². The van der Waals surface area contributed by atoms with Gasteiger partial charge in [0, 0.05) is 62.4 Å². The predicted molar refractivity (Wildman–Crippen MR) is 107 cm³/mol. The Morgan fingerprint density at radius 1 is 1.29 bits per heavy atom. The van der Waals surface area contributed by atoms with Crippen LogP contribution in [0.2, 0.25) is 0 Å². The molecule has 148 valence electrons. The van der Waals surface area contributed by atoms with E-state index in [1.807, 2.05) is 35.4 Å². The van der Waals surface area contributed by atoms with Gasteiger partial charge in [-0.15, -0.1) is 0 Å². The zero-order valence-electron chi connectivity index (χ0n) is 16.7. The van der Waals surface area contributed by atoms with E-state index in [0.29, 0.717) is 12.8 Å². The van der Waals surface area contributed by atoms with Gasteiger partial charge in [0.05, 0.1) is 7.11 Å².